The lowest BCUT2D eigenvalue weighted by atomic mass is 9.96. The maximum Gasteiger partial charge on any atom is 0.321 e. The standard InChI is InChI=1S/C26H29N3O3/c1-32-24-12-5-4-11-23(24)28-26(31)29-15-13-19(14-16-29)18-27-25(30)17-21-9-6-8-20-7-2-3-10-22(20)21/h2-12,19H,13-18H2,1H3,(H,27,30)(H,28,31). The van der Waals surface area contributed by atoms with Crippen LogP contribution < -0.4 is 15.4 Å². The van der Waals surface area contributed by atoms with Crippen molar-refractivity contribution in [3.8, 4) is 5.75 Å². The molecular weight excluding hydrogens is 402 g/mol. The van der Waals surface area contributed by atoms with Crippen molar-refractivity contribution in [2.75, 3.05) is 32.1 Å². The first-order valence-electron chi connectivity index (χ1n) is 11.1. The van der Waals surface area contributed by atoms with Crippen molar-refractivity contribution in [2.45, 2.75) is 19.3 Å². The minimum Gasteiger partial charge on any atom is -0.495 e. The molecule has 0 radical (unpaired) electrons. The predicted molar refractivity (Wildman–Crippen MR) is 127 cm³/mol. The van der Waals surface area contributed by atoms with Crippen molar-refractivity contribution < 1.29 is 14.3 Å². The minimum atomic E-state index is -0.118. The number of hydrogen-bond donors (Lipinski definition) is 2. The molecule has 0 spiro atoms. The van der Waals surface area contributed by atoms with Crippen molar-refractivity contribution in [1.82, 2.24) is 10.2 Å². The van der Waals surface area contributed by atoms with Crippen LogP contribution in [-0.4, -0.2) is 43.6 Å². The summed E-state index contributed by atoms with van der Waals surface area (Å²) in [6.07, 6.45) is 2.11. The molecule has 3 aromatic carbocycles. The number of benzene rings is 3. The normalized spacial score (nSPS) is 14.2. The third-order valence-corrected chi connectivity index (χ3v) is 6.07. The number of fused-ring (bicyclic) bond motifs is 1. The second kappa shape index (κ2) is 10.2. The highest BCUT2D eigenvalue weighted by molar-refractivity contribution is 5.91. The van der Waals surface area contributed by atoms with Gasteiger partial charge >= 0.3 is 6.03 Å². The summed E-state index contributed by atoms with van der Waals surface area (Å²) in [6, 6.07) is 21.5. The molecule has 0 unspecified atom stereocenters. The van der Waals surface area contributed by atoms with Gasteiger partial charge in [-0.1, -0.05) is 54.6 Å². The molecule has 32 heavy (non-hydrogen) atoms. The van der Waals surface area contributed by atoms with Crippen LogP contribution in [0.5, 0.6) is 5.75 Å². The Kier molecular flexibility index (Phi) is 6.90. The highest BCUT2D eigenvalue weighted by Gasteiger charge is 2.23. The average molecular weight is 432 g/mol. The largest absolute Gasteiger partial charge is 0.495 e. The summed E-state index contributed by atoms with van der Waals surface area (Å²) < 4.78 is 5.30. The zero-order valence-electron chi connectivity index (χ0n) is 18.3. The molecule has 166 valence electrons. The van der Waals surface area contributed by atoms with Gasteiger partial charge in [0.15, 0.2) is 0 Å². The van der Waals surface area contributed by atoms with Gasteiger partial charge in [0.05, 0.1) is 19.2 Å². The maximum atomic E-state index is 12.6. The van der Waals surface area contributed by atoms with Crippen LogP contribution in [-0.2, 0) is 11.2 Å². The second-order valence-electron chi connectivity index (χ2n) is 8.18. The maximum absolute atomic E-state index is 12.6. The molecule has 6 heteroatoms. The summed E-state index contributed by atoms with van der Waals surface area (Å²) in [5.41, 5.74) is 1.71. The van der Waals surface area contributed by atoms with Gasteiger partial charge in [-0.15, -0.1) is 0 Å². The van der Waals surface area contributed by atoms with Crippen LogP contribution in [0.4, 0.5) is 10.5 Å². The van der Waals surface area contributed by atoms with Crippen molar-refractivity contribution in [1.29, 1.82) is 0 Å². The molecule has 3 amide bonds. The van der Waals surface area contributed by atoms with E-state index < -0.39 is 0 Å². The lowest BCUT2D eigenvalue weighted by Gasteiger charge is -2.32. The van der Waals surface area contributed by atoms with Crippen LogP contribution in [0.3, 0.4) is 0 Å². The summed E-state index contributed by atoms with van der Waals surface area (Å²) in [7, 11) is 1.59. The number of methoxy groups -OCH3 is 1. The van der Waals surface area contributed by atoms with Crippen molar-refractivity contribution in [3.63, 3.8) is 0 Å². The number of piperidine rings is 1. The van der Waals surface area contributed by atoms with E-state index in [0.29, 0.717) is 43.4 Å². The summed E-state index contributed by atoms with van der Waals surface area (Å²) in [6.45, 7) is 1.99. The molecule has 4 rings (SSSR count). The number of para-hydroxylation sites is 2. The van der Waals surface area contributed by atoms with Crippen LogP contribution in [0, 0.1) is 5.92 Å². The number of carbonyl (C=O) groups is 2. The Bertz CT molecular complexity index is 1090. The molecule has 1 saturated heterocycles. The number of rotatable bonds is 6. The highest BCUT2D eigenvalue weighted by Crippen LogP contribution is 2.24. The number of ether oxygens (including phenoxy) is 1. The smallest absolute Gasteiger partial charge is 0.321 e. The number of hydrogen-bond acceptors (Lipinski definition) is 3. The summed E-state index contributed by atoms with van der Waals surface area (Å²) >= 11 is 0. The number of nitrogens with zero attached hydrogens (tertiary/aromatic N) is 1. The molecule has 0 bridgehead atoms. The number of urea groups is 1. The monoisotopic (exact) mass is 431 g/mol. The van der Waals surface area contributed by atoms with E-state index >= 15 is 0 Å². The molecule has 3 aromatic rings. The zero-order chi connectivity index (χ0) is 22.3. The lowest BCUT2D eigenvalue weighted by molar-refractivity contribution is -0.120. The second-order valence-corrected chi connectivity index (χ2v) is 8.18. The molecule has 1 aliphatic rings. The van der Waals surface area contributed by atoms with E-state index in [1.807, 2.05) is 53.4 Å². The van der Waals surface area contributed by atoms with Crippen LogP contribution in [0.2, 0.25) is 0 Å². The summed E-state index contributed by atoms with van der Waals surface area (Å²) in [4.78, 5) is 27.0. The molecule has 0 aliphatic carbocycles. The Morgan fingerprint density at radius 2 is 1.69 bits per heavy atom. The molecule has 1 fully saturated rings. The molecule has 2 N–H and O–H groups in total. The van der Waals surface area contributed by atoms with E-state index in [-0.39, 0.29) is 11.9 Å². The molecule has 0 saturated carbocycles. The van der Waals surface area contributed by atoms with Crippen LogP contribution in [0.25, 0.3) is 10.8 Å². The molecule has 0 aromatic heterocycles. The van der Waals surface area contributed by atoms with Gasteiger partial charge in [0.1, 0.15) is 5.75 Å². The third kappa shape index (κ3) is 5.19. The van der Waals surface area contributed by atoms with Gasteiger partial charge in [0, 0.05) is 19.6 Å². The lowest BCUT2D eigenvalue weighted by Crippen LogP contribution is -2.43. The topological polar surface area (TPSA) is 70.7 Å². The molecule has 6 nitrogen and oxygen atoms in total. The van der Waals surface area contributed by atoms with E-state index in [2.05, 4.69) is 28.8 Å². The van der Waals surface area contributed by atoms with E-state index in [9.17, 15) is 9.59 Å². The number of anilines is 1. The Balaban J connectivity index is 1.23. The fourth-order valence-electron chi connectivity index (χ4n) is 4.22. The van der Waals surface area contributed by atoms with Crippen LogP contribution in [0.1, 0.15) is 18.4 Å². The van der Waals surface area contributed by atoms with Crippen molar-refractivity contribution >= 4 is 28.4 Å². The number of carbonyl (C=O) groups excluding carboxylic acids is 2. The summed E-state index contributed by atoms with van der Waals surface area (Å²) in [5, 5.41) is 8.29. The van der Waals surface area contributed by atoms with Crippen LogP contribution in [0.15, 0.2) is 66.7 Å². The van der Waals surface area contributed by atoms with Gasteiger partial charge in [0.25, 0.3) is 0 Å². The quantitative estimate of drug-likeness (QED) is 0.606. The van der Waals surface area contributed by atoms with E-state index in [4.69, 9.17) is 4.74 Å². The Hall–Kier alpha value is -3.54. The Morgan fingerprint density at radius 1 is 0.969 bits per heavy atom. The zero-order valence-corrected chi connectivity index (χ0v) is 18.3. The van der Waals surface area contributed by atoms with Gasteiger partial charge in [-0.2, -0.15) is 0 Å². The molecule has 0 atom stereocenters. The Labute approximate surface area is 188 Å². The first-order valence-corrected chi connectivity index (χ1v) is 11.1. The van der Waals surface area contributed by atoms with Gasteiger partial charge in [0.2, 0.25) is 5.91 Å². The van der Waals surface area contributed by atoms with Crippen molar-refractivity contribution in [2.24, 2.45) is 5.92 Å². The first kappa shape index (κ1) is 21.7. The van der Waals surface area contributed by atoms with Crippen LogP contribution >= 0.6 is 0 Å². The first-order chi connectivity index (χ1) is 15.6. The highest BCUT2D eigenvalue weighted by atomic mass is 16.5. The summed E-state index contributed by atoms with van der Waals surface area (Å²) in [5.74, 6) is 1.06. The van der Waals surface area contributed by atoms with E-state index in [1.54, 1.807) is 7.11 Å². The Morgan fingerprint density at radius 3 is 2.50 bits per heavy atom. The van der Waals surface area contributed by atoms with E-state index in [0.717, 1.165) is 29.2 Å². The van der Waals surface area contributed by atoms with Gasteiger partial charge in [-0.3, -0.25) is 4.79 Å². The fourth-order valence-corrected chi connectivity index (χ4v) is 4.22. The SMILES string of the molecule is COc1ccccc1NC(=O)N1CCC(CNC(=O)Cc2cccc3ccccc23)CC1. The van der Waals surface area contributed by atoms with Crippen molar-refractivity contribution in [3.05, 3.63) is 72.3 Å². The number of nitrogens with one attached hydrogen (secondary N) is 2. The number of likely N-dealkylation sites (tertiary alicyclic amines) is 1. The fraction of sp³-hybridized carbons (Fsp3) is 0.308. The number of amides is 3. The molecule has 1 aliphatic heterocycles. The van der Waals surface area contributed by atoms with Gasteiger partial charge in [-0.05, 0) is 47.2 Å². The molecule has 1 heterocycles. The van der Waals surface area contributed by atoms with Gasteiger partial charge < -0.3 is 20.3 Å². The van der Waals surface area contributed by atoms with E-state index in [1.165, 1.54) is 0 Å². The third-order valence-electron chi connectivity index (χ3n) is 6.07. The van der Waals surface area contributed by atoms with Gasteiger partial charge in [-0.25, -0.2) is 4.79 Å². The predicted octanol–water partition coefficient (Wildman–Crippen LogP) is 4.45. The minimum absolute atomic E-state index is 0.0395. The molecular formula is C26H29N3O3. The average Bonchev–Trinajstić information content (AvgIpc) is 2.83.